The predicted octanol–water partition coefficient (Wildman–Crippen LogP) is 3.72. The van der Waals surface area contributed by atoms with Crippen LogP contribution >= 0.6 is 0 Å². The first-order valence-electron chi connectivity index (χ1n) is 4.12. The molecule has 0 nitrogen and oxygen atoms in total. The van der Waals surface area contributed by atoms with Crippen molar-refractivity contribution in [2.45, 2.75) is 27.2 Å². The van der Waals surface area contributed by atoms with Crippen LogP contribution in [0.15, 0.2) is 36.5 Å². The van der Waals surface area contributed by atoms with Crippen LogP contribution in [0.5, 0.6) is 0 Å². The Morgan fingerprint density at radius 3 is 2.18 bits per heavy atom. The molecule has 0 heterocycles. The highest BCUT2D eigenvalue weighted by molar-refractivity contribution is 5.24. The number of hydrogen-bond donors (Lipinski definition) is 0. The standard InChI is InChI=1S/C11H18/c1-6-10(4)7-8-11(5)9(2)3/h7-9H,4-6H2,1-3H3/b8-7-. The number of allylic oxidation sites excluding steroid dienone is 4. The molecule has 0 saturated heterocycles. The van der Waals surface area contributed by atoms with Crippen molar-refractivity contribution >= 4 is 0 Å². The van der Waals surface area contributed by atoms with Crippen LogP contribution in [-0.2, 0) is 0 Å². The van der Waals surface area contributed by atoms with Gasteiger partial charge in [0, 0.05) is 0 Å². The number of hydrogen-bond acceptors (Lipinski definition) is 0. The Morgan fingerprint density at radius 1 is 1.27 bits per heavy atom. The number of rotatable bonds is 4. The summed E-state index contributed by atoms with van der Waals surface area (Å²) < 4.78 is 0. The average molecular weight is 150 g/mol. The van der Waals surface area contributed by atoms with Gasteiger partial charge in [-0.15, -0.1) is 0 Å². The third-order valence-electron chi connectivity index (χ3n) is 1.73. The molecule has 0 radical (unpaired) electrons. The van der Waals surface area contributed by atoms with Crippen LogP contribution in [0.1, 0.15) is 27.2 Å². The molecular formula is C11H18. The second-order valence-electron chi connectivity index (χ2n) is 3.07. The Kier molecular flexibility index (Phi) is 4.60. The van der Waals surface area contributed by atoms with Crippen molar-refractivity contribution in [2.75, 3.05) is 0 Å². The van der Waals surface area contributed by atoms with Gasteiger partial charge < -0.3 is 0 Å². The zero-order valence-corrected chi connectivity index (χ0v) is 7.85. The average Bonchev–Trinajstić information content (AvgIpc) is 1.99. The van der Waals surface area contributed by atoms with E-state index < -0.39 is 0 Å². The molecule has 0 aliphatic rings. The largest absolute Gasteiger partial charge is 0.0958 e. The van der Waals surface area contributed by atoms with Gasteiger partial charge in [0.05, 0.1) is 0 Å². The Morgan fingerprint density at radius 2 is 1.82 bits per heavy atom. The summed E-state index contributed by atoms with van der Waals surface area (Å²) in [6.07, 6.45) is 5.11. The fourth-order valence-corrected chi connectivity index (χ4v) is 0.535. The molecule has 0 aromatic rings. The Labute approximate surface area is 70.3 Å². The van der Waals surface area contributed by atoms with Gasteiger partial charge in [-0.25, -0.2) is 0 Å². The van der Waals surface area contributed by atoms with E-state index in [9.17, 15) is 0 Å². The summed E-state index contributed by atoms with van der Waals surface area (Å²) in [7, 11) is 0. The fraction of sp³-hybridized carbons (Fsp3) is 0.455. The monoisotopic (exact) mass is 150 g/mol. The third-order valence-corrected chi connectivity index (χ3v) is 1.73. The van der Waals surface area contributed by atoms with E-state index >= 15 is 0 Å². The molecule has 0 aromatic carbocycles. The smallest absolute Gasteiger partial charge is 0.0225 e. The Hall–Kier alpha value is -0.780. The molecule has 0 saturated carbocycles. The maximum atomic E-state index is 3.93. The molecule has 11 heavy (non-hydrogen) atoms. The zero-order valence-electron chi connectivity index (χ0n) is 7.85. The maximum Gasteiger partial charge on any atom is -0.0225 e. The van der Waals surface area contributed by atoms with Gasteiger partial charge in [-0.05, 0) is 12.3 Å². The molecule has 0 aliphatic heterocycles. The molecule has 0 heteroatoms. The van der Waals surface area contributed by atoms with Gasteiger partial charge in [0.2, 0.25) is 0 Å². The molecule has 0 bridgehead atoms. The first-order chi connectivity index (χ1) is 5.07. The van der Waals surface area contributed by atoms with Crippen LogP contribution in [0, 0.1) is 5.92 Å². The second kappa shape index (κ2) is 4.95. The van der Waals surface area contributed by atoms with E-state index in [-0.39, 0.29) is 0 Å². The highest BCUT2D eigenvalue weighted by atomic mass is 14.0. The van der Waals surface area contributed by atoms with Crippen molar-refractivity contribution in [1.82, 2.24) is 0 Å². The first-order valence-corrected chi connectivity index (χ1v) is 4.12. The predicted molar refractivity (Wildman–Crippen MR) is 52.5 cm³/mol. The maximum absolute atomic E-state index is 3.93. The summed E-state index contributed by atoms with van der Waals surface area (Å²) in [5, 5.41) is 0. The van der Waals surface area contributed by atoms with Crippen LogP contribution in [0.2, 0.25) is 0 Å². The van der Waals surface area contributed by atoms with E-state index in [1.807, 2.05) is 6.08 Å². The lowest BCUT2D eigenvalue weighted by atomic mass is 10.0. The fourth-order valence-electron chi connectivity index (χ4n) is 0.535. The molecule has 0 aromatic heterocycles. The van der Waals surface area contributed by atoms with Crippen molar-refractivity contribution in [3.63, 3.8) is 0 Å². The molecule has 62 valence electrons. The first kappa shape index (κ1) is 10.2. The lowest BCUT2D eigenvalue weighted by molar-refractivity contribution is 0.795. The Bertz CT molecular complexity index is 170. The highest BCUT2D eigenvalue weighted by Gasteiger charge is 1.93. The van der Waals surface area contributed by atoms with Crippen molar-refractivity contribution < 1.29 is 0 Å². The normalized spacial score (nSPS) is 10.9. The van der Waals surface area contributed by atoms with Crippen LogP contribution in [-0.4, -0.2) is 0 Å². The molecule has 0 rings (SSSR count). The van der Waals surface area contributed by atoms with E-state index in [2.05, 4.69) is 40.0 Å². The van der Waals surface area contributed by atoms with Crippen LogP contribution in [0.25, 0.3) is 0 Å². The molecule has 0 aliphatic carbocycles. The van der Waals surface area contributed by atoms with Crippen molar-refractivity contribution in [2.24, 2.45) is 5.92 Å². The third kappa shape index (κ3) is 4.60. The minimum absolute atomic E-state index is 0.538. The van der Waals surface area contributed by atoms with Crippen molar-refractivity contribution in [3.05, 3.63) is 36.5 Å². The van der Waals surface area contributed by atoms with Gasteiger partial charge in [-0.3, -0.25) is 0 Å². The van der Waals surface area contributed by atoms with E-state index in [0.717, 1.165) is 12.0 Å². The van der Waals surface area contributed by atoms with Gasteiger partial charge in [-0.1, -0.05) is 57.2 Å². The van der Waals surface area contributed by atoms with Gasteiger partial charge in [-0.2, -0.15) is 0 Å². The molecule has 0 N–H and O–H groups in total. The Balaban J connectivity index is 3.93. The van der Waals surface area contributed by atoms with Crippen LogP contribution in [0.4, 0.5) is 0 Å². The summed E-state index contributed by atoms with van der Waals surface area (Å²) in [5.74, 6) is 0.538. The molecule has 0 atom stereocenters. The lowest BCUT2D eigenvalue weighted by Gasteiger charge is -2.02. The summed E-state index contributed by atoms with van der Waals surface area (Å²) in [6.45, 7) is 14.2. The minimum atomic E-state index is 0.538. The summed E-state index contributed by atoms with van der Waals surface area (Å²) in [4.78, 5) is 0. The molecule has 0 spiro atoms. The van der Waals surface area contributed by atoms with Gasteiger partial charge in [0.15, 0.2) is 0 Å². The van der Waals surface area contributed by atoms with Crippen molar-refractivity contribution in [1.29, 1.82) is 0 Å². The van der Waals surface area contributed by atoms with E-state index in [0.29, 0.717) is 5.92 Å². The molecule has 0 fully saturated rings. The lowest BCUT2D eigenvalue weighted by Crippen LogP contribution is -1.87. The van der Waals surface area contributed by atoms with E-state index in [1.165, 1.54) is 5.57 Å². The molecule has 0 amide bonds. The van der Waals surface area contributed by atoms with Crippen LogP contribution < -0.4 is 0 Å². The van der Waals surface area contributed by atoms with Crippen molar-refractivity contribution in [3.8, 4) is 0 Å². The van der Waals surface area contributed by atoms with E-state index in [1.54, 1.807) is 0 Å². The quantitative estimate of drug-likeness (QED) is 0.536. The second-order valence-corrected chi connectivity index (χ2v) is 3.07. The van der Waals surface area contributed by atoms with Gasteiger partial charge in [0.25, 0.3) is 0 Å². The molecule has 0 unspecified atom stereocenters. The molecular weight excluding hydrogens is 132 g/mol. The summed E-state index contributed by atoms with van der Waals surface area (Å²) in [6, 6.07) is 0. The van der Waals surface area contributed by atoms with Crippen LogP contribution in [0.3, 0.4) is 0 Å². The summed E-state index contributed by atoms with van der Waals surface area (Å²) in [5.41, 5.74) is 2.33. The van der Waals surface area contributed by atoms with E-state index in [4.69, 9.17) is 0 Å². The summed E-state index contributed by atoms with van der Waals surface area (Å²) >= 11 is 0. The zero-order chi connectivity index (χ0) is 8.85. The van der Waals surface area contributed by atoms with Gasteiger partial charge >= 0.3 is 0 Å². The van der Waals surface area contributed by atoms with Gasteiger partial charge in [0.1, 0.15) is 0 Å². The highest BCUT2D eigenvalue weighted by Crippen LogP contribution is 2.09. The SMILES string of the molecule is C=C(/C=C\C(=C)C(C)C)CC. The topological polar surface area (TPSA) is 0 Å². The minimum Gasteiger partial charge on any atom is -0.0958 e.